The van der Waals surface area contributed by atoms with Gasteiger partial charge in [0, 0.05) is 18.4 Å². The highest BCUT2D eigenvalue weighted by Crippen LogP contribution is 2.38. The quantitative estimate of drug-likeness (QED) is 0.324. The minimum Gasteiger partial charge on any atom is -0.493 e. The summed E-state index contributed by atoms with van der Waals surface area (Å²) in [6, 6.07) is 3.34. The Kier molecular flexibility index (Phi) is 9.43. The number of rotatable bonds is 12. The van der Waals surface area contributed by atoms with Gasteiger partial charge in [0.1, 0.15) is 0 Å². The predicted molar refractivity (Wildman–Crippen MR) is 94.8 cm³/mol. The number of benzene rings is 1. The van der Waals surface area contributed by atoms with Crippen molar-refractivity contribution in [1.29, 1.82) is 0 Å². The van der Waals surface area contributed by atoms with E-state index in [0.717, 1.165) is 25.7 Å². The molecule has 0 aromatic heterocycles. The largest absolute Gasteiger partial charge is 0.493 e. The first kappa shape index (κ1) is 20.8. The first-order valence-corrected chi connectivity index (χ1v) is 8.56. The highest BCUT2D eigenvalue weighted by molar-refractivity contribution is 5.97. The normalized spacial score (nSPS) is 10.2. The lowest BCUT2D eigenvalue weighted by Gasteiger charge is -2.13. The van der Waals surface area contributed by atoms with Crippen molar-refractivity contribution in [2.75, 3.05) is 27.9 Å². The lowest BCUT2D eigenvalue weighted by Crippen LogP contribution is -2.04. The summed E-state index contributed by atoms with van der Waals surface area (Å²) in [7, 11) is 4.57. The van der Waals surface area contributed by atoms with Gasteiger partial charge >= 0.3 is 5.97 Å². The van der Waals surface area contributed by atoms with Crippen LogP contribution in [0.25, 0.3) is 0 Å². The molecule has 0 spiro atoms. The Morgan fingerprint density at radius 3 is 1.88 bits per heavy atom. The van der Waals surface area contributed by atoms with Crippen molar-refractivity contribution in [2.45, 2.75) is 45.4 Å². The Hall–Kier alpha value is -2.24. The third kappa shape index (κ3) is 6.64. The molecule has 0 aliphatic rings. The van der Waals surface area contributed by atoms with Gasteiger partial charge in [-0.25, -0.2) is 0 Å². The number of carbonyl (C=O) groups excluding carboxylic acids is 2. The zero-order valence-corrected chi connectivity index (χ0v) is 15.6. The third-order valence-electron chi connectivity index (χ3n) is 3.83. The molecule has 1 rings (SSSR count). The minimum atomic E-state index is -0.156. The number of hydrogen-bond acceptors (Lipinski definition) is 6. The molecule has 6 heteroatoms. The molecular weight excluding hydrogens is 324 g/mol. The molecule has 6 nitrogen and oxygen atoms in total. The van der Waals surface area contributed by atoms with Crippen LogP contribution in [0, 0.1) is 0 Å². The van der Waals surface area contributed by atoms with Crippen LogP contribution in [-0.2, 0) is 9.53 Å². The highest BCUT2D eigenvalue weighted by atomic mass is 16.5. The monoisotopic (exact) mass is 352 g/mol. The Morgan fingerprint density at radius 2 is 1.40 bits per heavy atom. The van der Waals surface area contributed by atoms with Crippen molar-refractivity contribution >= 4 is 11.8 Å². The molecule has 0 unspecified atom stereocenters. The maximum absolute atomic E-state index is 12.4. The molecule has 0 N–H and O–H groups in total. The molecule has 0 fully saturated rings. The molecule has 1 aromatic rings. The van der Waals surface area contributed by atoms with Gasteiger partial charge < -0.3 is 18.9 Å². The van der Waals surface area contributed by atoms with Crippen LogP contribution in [0.5, 0.6) is 17.2 Å². The van der Waals surface area contributed by atoms with Crippen LogP contribution >= 0.6 is 0 Å². The second-order valence-electron chi connectivity index (χ2n) is 5.56. The number of methoxy groups -OCH3 is 3. The van der Waals surface area contributed by atoms with Crippen LogP contribution in [0.1, 0.15) is 55.8 Å². The van der Waals surface area contributed by atoms with Gasteiger partial charge in [-0.3, -0.25) is 9.59 Å². The third-order valence-corrected chi connectivity index (χ3v) is 3.83. The van der Waals surface area contributed by atoms with Crippen molar-refractivity contribution in [2.24, 2.45) is 0 Å². The fourth-order valence-electron chi connectivity index (χ4n) is 2.53. The van der Waals surface area contributed by atoms with Crippen molar-refractivity contribution in [1.82, 2.24) is 0 Å². The number of Topliss-reactive ketones (excluding diaryl/α,β-unsaturated/α-hetero) is 1. The number of hydrogen-bond donors (Lipinski definition) is 0. The average Bonchev–Trinajstić information content (AvgIpc) is 2.63. The van der Waals surface area contributed by atoms with E-state index in [4.69, 9.17) is 18.9 Å². The summed E-state index contributed by atoms with van der Waals surface area (Å²) in [5.74, 6) is 1.29. The van der Waals surface area contributed by atoms with E-state index < -0.39 is 0 Å². The molecule has 0 radical (unpaired) electrons. The Morgan fingerprint density at radius 1 is 0.840 bits per heavy atom. The van der Waals surface area contributed by atoms with Crippen LogP contribution in [0.15, 0.2) is 12.1 Å². The van der Waals surface area contributed by atoms with E-state index in [1.54, 1.807) is 19.1 Å². The Bertz CT molecular complexity index is 542. The lowest BCUT2D eigenvalue weighted by atomic mass is 10.0. The van der Waals surface area contributed by atoms with Gasteiger partial charge in [-0.15, -0.1) is 0 Å². The van der Waals surface area contributed by atoms with Crippen LogP contribution < -0.4 is 14.2 Å². The molecule has 0 aliphatic heterocycles. The number of unbranched alkanes of at least 4 members (excludes halogenated alkanes) is 3. The van der Waals surface area contributed by atoms with E-state index in [1.165, 1.54) is 21.3 Å². The van der Waals surface area contributed by atoms with Crippen molar-refractivity contribution in [3.05, 3.63) is 17.7 Å². The first-order chi connectivity index (χ1) is 12.1. The van der Waals surface area contributed by atoms with Gasteiger partial charge in [-0.2, -0.15) is 0 Å². The van der Waals surface area contributed by atoms with Crippen molar-refractivity contribution in [3.8, 4) is 17.2 Å². The fourth-order valence-corrected chi connectivity index (χ4v) is 2.53. The van der Waals surface area contributed by atoms with E-state index >= 15 is 0 Å². The summed E-state index contributed by atoms with van der Waals surface area (Å²) >= 11 is 0. The Balaban J connectivity index is 2.48. The number of esters is 1. The van der Waals surface area contributed by atoms with Crippen LogP contribution in [0.3, 0.4) is 0 Å². The zero-order chi connectivity index (χ0) is 18.7. The number of ether oxygens (including phenoxy) is 4. The molecule has 25 heavy (non-hydrogen) atoms. The van der Waals surface area contributed by atoms with Gasteiger partial charge in [-0.1, -0.05) is 12.8 Å². The van der Waals surface area contributed by atoms with Gasteiger partial charge in [0.15, 0.2) is 17.3 Å². The van der Waals surface area contributed by atoms with Crippen LogP contribution in [0.4, 0.5) is 0 Å². The van der Waals surface area contributed by atoms with Gasteiger partial charge in [-0.05, 0) is 31.9 Å². The van der Waals surface area contributed by atoms with E-state index in [0.29, 0.717) is 42.3 Å². The van der Waals surface area contributed by atoms with Gasteiger partial charge in [0.05, 0.1) is 27.9 Å². The summed E-state index contributed by atoms with van der Waals surface area (Å²) < 4.78 is 20.7. The molecule has 0 saturated carbocycles. The molecule has 0 atom stereocenters. The minimum absolute atomic E-state index is 0.0321. The maximum atomic E-state index is 12.4. The second kappa shape index (κ2) is 11.3. The SMILES string of the molecule is CCOC(=O)CCCCCCC(=O)c1cc(OC)c(OC)c(OC)c1. The van der Waals surface area contributed by atoms with Crippen molar-refractivity contribution < 1.29 is 28.5 Å². The van der Waals surface area contributed by atoms with E-state index in [-0.39, 0.29) is 11.8 Å². The maximum Gasteiger partial charge on any atom is 0.305 e. The average molecular weight is 352 g/mol. The van der Waals surface area contributed by atoms with E-state index in [9.17, 15) is 9.59 Å². The van der Waals surface area contributed by atoms with Crippen molar-refractivity contribution in [3.63, 3.8) is 0 Å². The molecule has 0 aliphatic carbocycles. The smallest absolute Gasteiger partial charge is 0.305 e. The topological polar surface area (TPSA) is 71.1 Å². The molecule has 140 valence electrons. The number of carbonyl (C=O) groups is 2. The summed E-state index contributed by atoms with van der Waals surface area (Å²) in [5, 5.41) is 0. The summed E-state index contributed by atoms with van der Waals surface area (Å²) in [6.07, 6.45) is 4.25. The van der Waals surface area contributed by atoms with Gasteiger partial charge in [0.2, 0.25) is 5.75 Å². The summed E-state index contributed by atoms with van der Waals surface area (Å²) in [6.45, 7) is 2.22. The van der Waals surface area contributed by atoms with E-state index in [2.05, 4.69) is 0 Å². The molecule has 0 heterocycles. The second-order valence-corrected chi connectivity index (χ2v) is 5.56. The lowest BCUT2D eigenvalue weighted by molar-refractivity contribution is -0.143. The Labute approximate surface area is 149 Å². The molecule has 0 amide bonds. The van der Waals surface area contributed by atoms with E-state index in [1.807, 2.05) is 0 Å². The number of ketones is 1. The molecule has 0 saturated heterocycles. The molecule has 0 bridgehead atoms. The highest BCUT2D eigenvalue weighted by Gasteiger charge is 2.16. The standard InChI is InChI=1S/C19H28O6/c1-5-25-18(21)11-9-7-6-8-10-15(20)14-12-16(22-2)19(24-4)17(13-14)23-3/h12-13H,5-11H2,1-4H3. The summed E-state index contributed by atoms with van der Waals surface area (Å²) in [5.41, 5.74) is 0.543. The molecule has 1 aromatic carbocycles. The van der Waals surface area contributed by atoms with Crippen LogP contribution in [-0.4, -0.2) is 39.7 Å². The molecular formula is C19H28O6. The van der Waals surface area contributed by atoms with Crippen LogP contribution in [0.2, 0.25) is 0 Å². The fraction of sp³-hybridized carbons (Fsp3) is 0.579. The zero-order valence-electron chi connectivity index (χ0n) is 15.6. The first-order valence-electron chi connectivity index (χ1n) is 8.56. The van der Waals surface area contributed by atoms with Gasteiger partial charge in [0.25, 0.3) is 0 Å². The summed E-state index contributed by atoms with van der Waals surface area (Å²) in [4.78, 5) is 23.6. The predicted octanol–water partition coefficient (Wildman–Crippen LogP) is 3.80.